The summed E-state index contributed by atoms with van der Waals surface area (Å²) in [5.74, 6) is 1.70. The summed E-state index contributed by atoms with van der Waals surface area (Å²) in [5.41, 5.74) is 17.7. The predicted molar refractivity (Wildman–Crippen MR) is 221 cm³/mol. The van der Waals surface area contributed by atoms with Crippen molar-refractivity contribution in [2.45, 2.75) is 19.3 Å². The summed E-state index contributed by atoms with van der Waals surface area (Å²) in [4.78, 5) is 2.39. The molecule has 1 heterocycles. The van der Waals surface area contributed by atoms with E-state index < -0.39 is 0 Å². The van der Waals surface area contributed by atoms with Crippen LogP contribution in [0, 0.1) is 0 Å². The first kappa shape index (κ1) is 31.1. The lowest BCUT2D eigenvalue weighted by atomic mass is 9.82. The van der Waals surface area contributed by atoms with Crippen LogP contribution in [-0.4, -0.2) is 0 Å². The number of ether oxygens (including phenoxy) is 1. The molecule has 0 saturated heterocycles. The third kappa shape index (κ3) is 5.10. The Kier molecular flexibility index (Phi) is 7.19. The molecule has 0 radical (unpaired) electrons. The van der Waals surface area contributed by atoms with Crippen LogP contribution in [0.1, 0.15) is 25.0 Å². The lowest BCUT2D eigenvalue weighted by molar-refractivity contribution is 0.488. The van der Waals surface area contributed by atoms with Crippen LogP contribution in [0.15, 0.2) is 188 Å². The Balaban J connectivity index is 1.15. The predicted octanol–water partition coefficient (Wildman–Crippen LogP) is 14.2. The molecule has 53 heavy (non-hydrogen) atoms. The van der Waals surface area contributed by atoms with Crippen LogP contribution in [0.2, 0.25) is 0 Å². The zero-order valence-corrected chi connectivity index (χ0v) is 29.8. The number of rotatable bonds is 5. The van der Waals surface area contributed by atoms with E-state index >= 15 is 0 Å². The first-order chi connectivity index (χ1) is 26.0. The highest BCUT2D eigenvalue weighted by atomic mass is 16.5. The molecule has 0 saturated carbocycles. The van der Waals surface area contributed by atoms with Crippen LogP contribution < -0.4 is 9.64 Å². The van der Waals surface area contributed by atoms with Crippen molar-refractivity contribution >= 4 is 17.1 Å². The number of anilines is 3. The highest BCUT2D eigenvalue weighted by molar-refractivity contribution is 5.98. The largest absolute Gasteiger partial charge is 0.456 e. The van der Waals surface area contributed by atoms with E-state index in [0.717, 1.165) is 56.4 Å². The van der Waals surface area contributed by atoms with Gasteiger partial charge in [-0.2, -0.15) is 0 Å². The Labute approximate surface area is 311 Å². The minimum absolute atomic E-state index is 0.117. The number of nitrogens with zero attached hydrogens (tertiary/aromatic N) is 1. The highest BCUT2D eigenvalue weighted by Gasteiger charge is 2.36. The average Bonchev–Trinajstić information content (AvgIpc) is 3.34. The van der Waals surface area contributed by atoms with E-state index in [1.54, 1.807) is 0 Å². The van der Waals surface area contributed by atoms with Gasteiger partial charge in [-0.3, -0.25) is 0 Å². The van der Waals surface area contributed by atoms with Crippen molar-refractivity contribution in [1.82, 2.24) is 0 Å². The second-order valence-electron chi connectivity index (χ2n) is 14.5. The van der Waals surface area contributed by atoms with Gasteiger partial charge in [0.05, 0.1) is 0 Å². The van der Waals surface area contributed by atoms with Crippen molar-refractivity contribution < 1.29 is 4.74 Å². The van der Waals surface area contributed by atoms with Crippen LogP contribution in [0.5, 0.6) is 11.5 Å². The fraction of sp³-hybridized carbons (Fsp3) is 0.0588. The average molecular weight is 680 g/mol. The summed E-state index contributed by atoms with van der Waals surface area (Å²) in [6.07, 6.45) is 0. The molecular weight excluding hydrogens is 643 g/mol. The first-order valence-corrected chi connectivity index (χ1v) is 18.3. The van der Waals surface area contributed by atoms with Crippen molar-refractivity contribution in [3.8, 4) is 67.1 Å². The van der Waals surface area contributed by atoms with Crippen LogP contribution in [0.4, 0.5) is 17.1 Å². The summed E-state index contributed by atoms with van der Waals surface area (Å²) in [6.45, 7) is 4.69. The van der Waals surface area contributed by atoms with E-state index in [1.165, 1.54) is 38.9 Å². The standard InChI is InChI=1S/C51H37NO/c1-51(2)46-22-12-11-19-42(46)43-30-28-39(33-47(43)51)52(37-26-24-35(25-27-37)34-14-5-3-6-15-34)38-29-31-48-45(32-38)41-18-9-10-20-44(41)50-40(21-13-23-49(50)53-48)36-16-7-4-8-17-36/h3-33H,1-2H3. The molecule has 0 unspecified atom stereocenters. The number of fused-ring (bicyclic) bond motifs is 8. The summed E-state index contributed by atoms with van der Waals surface area (Å²) < 4.78 is 6.86. The van der Waals surface area contributed by atoms with Gasteiger partial charge < -0.3 is 9.64 Å². The Bertz CT molecular complexity index is 2660. The van der Waals surface area contributed by atoms with Gasteiger partial charge in [0.25, 0.3) is 0 Å². The van der Waals surface area contributed by atoms with E-state index in [0.29, 0.717) is 0 Å². The van der Waals surface area contributed by atoms with Crippen LogP contribution >= 0.6 is 0 Å². The molecule has 2 nitrogen and oxygen atoms in total. The molecule has 0 amide bonds. The lowest BCUT2D eigenvalue weighted by Crippen LogP contribution is -2.16. The van der Waals surface area contributed by atoms with Crippen LogP contribution in [0.25, 0.3) is 55.6 Å². The quantitative estimate of drug-likeness (QED) is 0.180. The number of hydrogen-bond acceptors (Lipinski definition) is 2. The second kappa shape index (κ2) is 12.3. The van der Waals surface area contributed by atoms with Gasteiger partial charge in [-0.1, -0.05) is 153 Å². The van der Waals surface area contributed by atoms with Gasteiger partial charge in [-0.25, -0.2) is 0 Å². The van der Waals surface area contributed by atoms with E-state index in [1.807, 2.05) is 0 Å². The van der Waals surface area contributed by atoms with E-state index in [2.05, 4.69) is 207 Å². The number of benzene rings is 8. The molecule has 10 rings (SSSR count). The molecule has 0 bridgehead atoms. The number of hydrogen-bond donors (Lipinski definition) is 0. The monoisotopic (exact) mass is 679 g/mol. The normalized spacial score (nSPS) is 13.0. The fourth-order valence-electron chi connectivity index (χ4n) is 8.48. The summed E-state index contributed by atoms with van der Waals surface area (Å²) in [5, 5.41) is 0. The Morgan fingerprint density at radius 2 is 0.925 bits per heavy atom. The molecule has 0 fully saturated rings. The first-order valence-electron chi connectivity index (χ1n) is 18.3. The maximum absolute atomic E-state index is 6.86. The molecule has 8 aromatic rings. The molecule has 1 aliphatic heterocycles. The maximum atomic E-state index is 6.86. The molecular formula is C51H37NO. The molecule has 252 valence electrons. The molecule has 1 aliphatic carbocycles. The van der Waals surface area contributed by atoms with Gasteiger partial charge >= 0.3 is 0 Å². The summed E-state index contributed by atoms with van der Waals surface area (Å²) in [6, 6.07) is 67.7. The van der Waals surface area contributed by atoms with Gasteiger partial charge in [0.2, 0.25) is 0 Å². The van der Waals surface area contributed by atoms with Gasteiger partial charge in [0, 0.05) is 33.6 Å². The third-order valence-corrected chi connectivity index (χ3v) is 11.1. The van der Waals surface area contributed by atoms with E-state index in [9.17, 15) is 0 Å². The summed E-state index contributed by atoms with van der Waals surface area (Å²) >= 11 is 0. The molecule has 0 spiro atoms. The molecule has 0 atom stereocenters. The maximum Gasteiger partial charge on any atom is 0.135 e. The van der Waals surface area contributed by atoms with Gasteiger partial charge in [0.15, 0.2) is 0 Å². The molecule has 2 aliphatic rings. The zero-order valence-electron chi connectivity index (χ0n) is 29.8. The molecule has 2 heteroatoms. The van der Waals surface area contributed by atoms with Gasteiger partial charge in [-0.15, -0.1) is 0 Å². The second-order valence-corrected chi connectivity index (χ2v) is 14.5. The van der Waals surface area contributed by atoms with Gasteiger partial charge in [0.1, 0.15) is 11.5 Å². The van der Waals surface area contributed by atoms with Crippen molar-refractivity contribution in [1.29, 1.82) is 0 Å². The Morgan fingerprint density at radius 1 is 0.358 bits per heavy atom. The topological polar surface area (TPSA) is 12.5 Å². The van der Waals surface area contributed by atoms with Gasteiger partial charge in [-0.05, 0) is 104 Å². The minimum Gasteiger partial charge on any atom is -0.456 e. The zero-order chi connectivity index (χ0) is 35.5. The lowest BCUT2D eigenvalue weighted by Gasteiger charge is -2.29. The van der Waals surface area contributed by atoms with E-state index in [-0.39, 0.29) is 5.41 Å². The SMILES string of the molecule is CC1(C)c2ccccc2-c2ccc(N(c3ccc(-c4ccccc4)cc3)c3ccc4c(c3)-c3ccccc3-c3c(cccc3-c3ccccc3)O4)cc21. The van der Waals surface area contributed by atoms with E-state index in [4.69, 9.17) is 4.74 Å². The molecule has 0 aromatic heterocycles. The van der Waals surface area contributed by atoms with Crippen molar-refractivity contribution in [3.05, 3.63) is 199 Å². The van der Waals surface area contributed by atoms with Crippen molar-refractivity contribution in [3.63, 3.8) is 0 Å². The van der Waals surface area contributed by atoms with Crippen molar-refractivity contribution in [2.24, 2.45) is 0 Å². The summed E-state index contributed by atoms with van der Waals surface area (Å²) in [7, 11) is 0. The third-order valence-electron chi connectivity index (χ3n) is 11.1. The molecule has 8 aromatic carbocycles. The van der Waals surface area contributed by atoms with Crippen LogP contribution in [0.3, 0.4) is 0 Å². The smallest absolute Gasteiger partial charge is 0.135 e. The molecule has 0 N–H and O–H groups in total. The Hall–Kier alpha value is -6.64. The Morgan fingerprint density at radius 3 is 1.70 bits per heavy atom. The highest BCUT2D eigenvalue weighted by Crippen LogP contribution is 2.53. The minimum atomic E-state index is -0.117. The van der Waals surface area contributed by atoms with Crippen LogP contribution in [-0.2, 0) is 5.41 Å². The van der Waals surface area contributed by atoms with Crippen molar-refractivity contribution in [2.75, 3.05) is 4.90 Å². The fourth-order valence-corrected chi connectivity index (χ4v) is 8.48.